The molecule has 7 heteroatoms. The van der Waals surface area contributed by atoms with Gasteiger partial charge in [0.2, 0.25) is 5.82 Å². The predicted molar refractivity (Wildman–Crippen MR) is 99.2 cm³/mol. The van der Waals surface area contributed by atoms with Gasteiger partial charge in [-0.3, -0.25) is 10.1 Å². The molecule has 1 aromatic carbocycles. The number of hydrogen-bond acceptors (Lipinski definition) is 5. The third-order valence-electron chi connectivity index (χ3n) is 4.80. The van der Waals surface area contributed by atoms with Crippen LogP contribution in [0, 0.1) is 17.0 Å². The molecule has 0 amide bonds. The summed E-state index contributed by atoms with van der Waals surface area (Å²) in [6, 6.07) is 8.34. The summed E-state index contributed by atoms with van der Waals surface area (Å²) < 4.78 is 1.59. The molecule has 0 saturated carbocycles. The highest BCUT2D eigenvalue weighted by Gasteiger charge is 2.27. The van der Waals surface area contributed by atoms with Crippen molar-refractivity contribution in [1.82, 2.24) is 9.78 Å². The summed E-state index contributed by atoms with van der Waals surface area (Å²) in [4.78, 5) is 15.4. The zero-order valence-corrected chi connectivity index (χ0v) is 15.1. The third kappa shape index (κ3) is 3.45. The number of para-hydroxylation sites is 1. The number of aromatic nitrogens is 2. The highest BCUT2D eigenvalue weighted by Crippen LogP contribution is 2.32. The van der Waals surface area contributed by atoms with Crippen LogP contribution in [0.25, 0.3) is 0 Å². The molecule has 0 aliphatic carbocycles. The van der Waals surface area contributed by atoms with Gasteiger partial charge in [0.15, 0.2) is 0 Å². The van der Waals surface area contributed by atoms with Gasteiger partial charge < -0.3 is 9.80 Å². The van der Waals surface area contributed by atoms with E-state index in [9.17, 15) is 10.1 Å². The number of hydrogen-bond donors (Lipinski definition) is 0. The Hall–Kier alpha value is -2.57. The van der Waals surface area contributed by atoms with E-state index in [4.69, 9.17) is 0 Å². The molecular formula is C18H25N5O2. The quantitative estimate of drug-likeness (QED) is 0.616. The van der Waals surface area contributed by atoms with Gasteiger partial charge in [-0.1, -0.05) is 18.2 Å². The molecule has 0 unspecified atom stereocenters. The fourth-order valence-corrected chi connectivity index (χ4v) is 3.69. The van der Waals surface area contributed by atoms with Crippen LogP contribution in [-0.4, -0.2) is 34.8 Å². The first kappa shape index (κ1) is 17.3. The van der Waals surface area contributed by atoms with E-state index in [1.54, 1.807) is 18.7 Å². The van der Waals surface area contributed by atoms with Gasteiger partial charge in [0.25, 0.3) is 0 Å². The maximum absolute atomic E-state index is 11.4. The van der Waals surface area contributed by atoms with E-state index in [-0.39, 0.29) is 10.6 Å². The van der Waals surface area contributed by atoms with Gasteiger partial charge >= 0.3 is 5.69 Å². The Morgan fingerprint density at radius 2 is 1.92 bits per heavy atom. The summed E-state index contributed by atoms with van der Waals surface area (Å²) in [6.45, 7) is 4.43. The molecule has 0 atom stereocenters. The predicted octanol–water partition coefficient (Wildman–Crippen LogP) is 3.26. The molecule has 3 rings (SSSR count). The molecule has 1 aliphatic rings. The summed E-state index contributed by atoms with van der Waals surface area (Å²) in [7, 11) is 3.64. The van der Waals surface area contributed by atoms with E-state index in [0.29, 0.717) is 18.1 Å². The highest BCUT2D eigenvalue weighted by atomic mass is 16.6. The van der Waals surface area contributed by atoms with Gasteiger partial charge in [0, 0.05) is 39.4 Å². The molecule has 1 fully saturated rings. The average Bonchev–Trinajstić information content (AvgIpc) is 2.90. The van der Waals surface area contributed by atoms with E-state index >= 15 is 0 Å². The topological polar surface area (TPSA) is 67.4 Å². The van der Waals surface area contributed by atoms with Crippen molar-refractivity contribution in [2.75, 3.05) is 29.9 Å². The zero-order chi connectivity index (χ0) is 18.0. The van der Waals surface area contributed by atoms with Crippen molar-refractivity contribution in [2.45, 2.75) is 32.7 Å². The molecule has 0 spiro atoms. The largest absolute Gasteiger partial charge is 0.371 e. The van der Waals surface area contributed by atoms with Crippen molar-refractivity contribution in [3.05, 3.63) is 45.6 Å². The Bertz CT molecular complexity index is 765. The van der Waals surface area contributed by atoms with Crippen LogP contribution in [0.1, 0.15) is 30.5 Å². The van der Waals surface area contributed by atoms with Gasteiger partial charge in [-0.2, -0.15) is 5.10 Å². The van der Waals surface area contributed by atoms with Crippen molar-refractivity contribution in [1.29, 1.82) is 0 Å². The fraction of sp³-hybridized carbons (Fsp3) is 0.500. The Morgan fingerprint density at radius 1 is 1.24 bits per heavy atom. The molecule has 134 valence electrons. The molecular weight excluding hydrogens is 318 g/mol. The second-order valence-electron chi connectivity index (χ2n) is 6.67. The first-order chi connectivity index (χ1) is 12.0. The van der Waals surface area contributed by atoms with Crippen LogP contribution in [0.5, 0.6) is 0 Å². The first-order valence-corrected chi connectivity index (χ1v) is 8.71. The molecule has 0 radical (unpaired) electrons. The van der Waals surface area contributed by atoms with Gasteiger partial charge in [0.1, 0.15) is 5.69 Å². The van der Waals surface area contributed by atoms with E-state index in [2.05, 4.69) is 28.2 Å². The highest BCUT2D eigenvalue weighted by molar-refractivity contribution is 5.62. The molecule has 0 bridgehead atoms. The molecule has 0 N–H and O–H groups in total. The Balaban J connectivity index is 1.90. The van der Waals surface area contributed by atoms with E-state index in [1.165, 1.54) is 30.5 Å². The van der Waals surface area contributed by atoms with E-state index < -0.39 is 0 Å². The number of anilines is 2. The van der Waals surface area contributed by atoms with Gasteiger partial charge in [-0.25, -0.2) is 4.68 Å². The lowest BCUT2D eigenvalue weighted by Gasteiger charge is -2.31. The first-order valence-electron chi connectivity index (χ1n) is 8.71. The molecule has 2 heterocycles. The van der Waals surface area contributed by atoms with Crippen LogP contribution in [0.15, 0.2) is 24.3 Å². The van der Waals surface area contributed by atoms with Crippen LogP contribution >= 0.6 is 0 Å². The summed E-state index contributed by atoms with van der Waals surface area (Å²) in [5.74, 6) is 0.538. The lowest BCUT2D eigenvalue weighted by molar-refractivity contribution is -0.384. The Kier molecular flexibility index (Phi) is 4.92. The maximum atomic E-state index is 11.4. The minimum atomic E-state index is -0.343. The second kappa shape index (κ2) is 7.13. The summed E-state index contributed by atoms with van der Waals surface area (Å²) in [6.07, 6.45) is 3.73. The fourth-order valence-electron chi connectivity index (χ4n) is 3.69. The van der Waals surface area contributed by atoms with Gasteiger partial charge in [-0.15, -0.1) is 0 Å². The van der Waals surface area contributed by atoms with Crippen LogP contribution in [0.2, 0.25) is 0 Å². The van der Waals surface area contributed by atoms with E-state index in [1.807, 2.05) is 18.0 Å². The van der Waals surface area contributed by atoms with Crippen molar-refractivity contribution in [2.24, 2.45) is 7.05 Å². The van der Waals surface area contributed by atoms with Crippen LogP contribution in [-0.2, 0) is 13.6 Å². The minimum Gasteiger partial charge on any atom is -0.371 e. The van der Waals surface area contributed by atoms with Gasteiger partial charge in [0.05, 0.1) is 4.92 Å². The maximum Gasteiger partial charge on any atom is 0.333 e. The Labute approximate surface area is 148 Å². The molecule has 1 aliphatic heterocycles. The normalized spacial score (nSPS) is 14.6. The van der Waals surface area contributed by atoms with E-state index in [0.717, 1.165) is 13.1 Å². The van der Waals surface area contributed by atoms with Gasteiger partial charge in [-0.05, 0) is 37.8 Å². The number of benzene rings is 1. The number of nitro groups is 1. The lowest BCUT2D eigenvalue weighted by atomic mass is 10.1. The number of aryl methyl sites for hydroxylation is 2. The molecule has 7 nitrogen and oxygen atoms in total. The number of rotatable bonds is 5. The molecule has 2 aromatic rings. The van der Waals surface area contributed by atoms with Crippen LogP contribution in [0.3, 0.4) is 0 Å². The average molecular weight is 343 g/mol. The van der Waals surface area contributed by atoms with Crippen LogP contribution < -0.4 is 9.80 Å². The minimum absolute atomic E-state index is 0.0838. The summed E-state index contributed by atoms with van der Waals surface area (Å²) in [5.41, 5.74) is 2.94. The molecule has 25 heavy (non-hydrogen) atoms. The number of piperidine rings is 1. The lowest BCUT2D eigenvalue weighted by Crippen LogP contribution is -2.31. The van der Waals surface area contributed by atoms with Crippen molar-refractivity contribution >= 4 is 17.2 Å². The number of nitrogens with zero attached hydrogens (tertiary/aromatic N) is 5. The van der Waals surface area contributed by atoms with Crippen molar-refractivity contribution in [3.8, 4) is 0 Å². The Morgan fingerprint density at radius 3 is 2.60 bits per heavy atom. The standard InChI is InChI=1S/C18H25N5O2/c1-14-17(23(24)25)18(21(3)19-14)20(2)13-15-9-5-6-10-16(15)22-11-7-4-8-12-22/h5-6,9-10H,4,7-8,11-13H2,1-3H3. The summed E-state index contributed by atoms with van der Waals surface area (Å²) >= 11 is 0. The third-order valence-corrected chi connectivity index (χ3v) is 4.80. The monoisotopic (exact) mass is 343 g/mol. The second-order valence-corrected chi connectivity index (χ2v) is 6.67. The smallest absolute Gasteiger partial charge is 0.333 e. The van der Waals surface area contributed by atoms with Crippen molar-refractivity contribution < 1.29 is 4.92 Å². The SMILES string of the molecule is Cc1nn(C)c(N(C)Cc2ccccc2N2CCCCC2)c1[N+](=O)[O-]. The van der Waals surface area contributed by atoms with Crippen LogP contribution in [0.4, 0.5) is 17.2 Å². The van der Waals surface area contributed by atoms with Crippen molar-refractivity contribution in [3.63, 3.8) is 0 Å². The summed E-state index contributed by atoms with van der Waals surface area (Å²) in [5, 5.41) is 15.7. The zero-order valence-electron chi connectivity index (χ0n) is 15.1. The molecule has 1 saturated heterocycles. The molecule has 1 aromatic heterocycles.